The minimum Gasteiger partial charge on any atom is -0.436 e. The summed E-state index contributed by atoms with van der Waals surface area (Å²) in [6, 6.07) is 8.87. The Kier molecular flexibility index (Phi) is 2.86. The maximum atomic E-state index is 12.5. The highest BCUT2D eigenvalue weighted by Gasteiger charge is 2.16. The molecule has 0 radical (unpaired) electrons. The molecule has 106 valence electrons. The van der Waals surface area contributed by atoms with Crippen LogP contribution in [0.5, 0.6) is 0 Å². The summed E-state index contributed by atoms with van der Waals surface area (Å²) in [4.78, 5) is 19.2. The average Bonchev–Trinajstić information content (AvgIpc) is 3.02. The monoisotopic (exact) mass is 300 g/mol. The van der Waals surface area contributed by atoms with E-state index in [-0.39, 0.29) is 5.43 Å². The van der Waals surface area contributed by atoms with Gasteiger partial charge in [0.15, 0.2) is 5.58 Å². The van der Waals surface area contributed by atoms with Crippen LogP contribution in [-0.2, 0) is 0 Å². The lowest BCUT2D eigenvalue weighted by molar-refractivity contribution is 0.644. The molecule has 1 aliphatic heterocycles. The fraction of sp³-hybridized carbons (Fsp3) is 0.250. The van der Waals surface area contributed by atoms with Gasteiger partial charge in [0.05, 0.1) is 15.8 Å². The number of rotatable bonds is 1. The first-order chi connectivity index (χ1) is 10.2. The van der Waals surface area contributed by atoms with Crippen molar-refractivity contribution < 1.29 is 4.42 Å². The van der Waals surface area contributed by atoms with Crippen molar-refractivity contribution in [3.63, 3.8) is 0 Å². The summed E-state index contributed by atoms with van der Waals surface area (Å²) in [7, 11) is 0. The highest BCUT2D eigenvalue weighted by Crippen LogP contribution is 2.26. The highest BCUT2D eigenvalue weighted by molar-refractivity contribution is 6.34. The summed E-state index contributed by atoms with van der Waals surface area (Å²) >= 11 is 6.13. The molecule has 0 atom stereocenters. The number of fused-ring (bicyclic) bond motifs is 2. The zero-order chi connectivity index (χ0) is 14.4. The Balaban J connectivity index is 2.00. The largest absolute Gasteiger partial charge is 0.436 e. The lowest BCUT2D eigenvalue weighted by Gasteiger charge is -2.16. The molecule has 1 saturated heterocycles. The van der Waals surface area contributed by atoms with Gasteiger partial charge in [-0.05, 0) is 37.1 Å². The van der Waals surface area contributed by atoms with Crippen molar-refractivity contribution in [2.24, 2.45) is 0 Å². The smallest absolute Gasteiger partial charge is 0.232 e. The van der Waals surface area contributed by atoms with Crippen LogP contribution in [0.4, 0.5) is 5.82 Å². The van der Waals surface area contributed by atoms with E-state index in [0.717, 1.165) is 18.9 Å². The Morgan fingerprint density at radius 2 is 1.90 bits per heavy atom. The second-order valence-corrected chi connectivity index (χ2v) is 5.67. The average molecular weight is 301 g/mol. The Labute approximate surface area is 125 Å². The van der Waals surface area contributed by atoms with Crippen LogP contribution < -0.4 is 10.3 Å². The van der Waals surface area contributed by atoms with Crippen LogP contribution in [-0.4, -0.2) is 18.1 Å². The first-order valence-electron chi connectivity index (χ1n) is 7.01. The molecule has 1 aliphatic rings. The second kappa shape index (κ2) is 4.74. The molecule has 0 aliphatic carbocycles. The second-order valence-electron chi connectivity index (χ2n) is 5.26. The van der Waals surface area contributed by atoms with Crippen LogP contribution in [0.15, 0.2) is 39.5 Å². The zero-order valence-electron chi connectivity index (χ0n) is 11.3. The van der Waals surface area contributed by atoms with E-state index in [1.165, 1.54) is 12.8 Å². The van der Waals surface area contributed by atoms with E-state index in [4.69, 9.17) is 16.0 Å². The van der Waals surface area contributed by atoms with Crippen LogP contribution in [0.2, 0.25) is 5.02 Å². The number of hydrogen-bond donors (Lipinski definition) is 0. The van der Waals surface area contributed by atoms with E-state index in [9.17, 15) is 4.79 Å². The van der Waals surface area contributed by atoms with Gasteiger partial charge in [-0.1, -0.05) is 17.7 Å². The Hall–Kier alpha value is -2.07. The SMILES string of the molecule is O=c1c2ccc(N3CCCC3)nc2oc2c(Cl)cccc12. The third-order valence-electron chi connectivity index (χ3n) is 3.93. The van der Waals surface area contributed by atoms with Crippen molar-refractivity contribution in [2.45, 2.75) is 12.8 Å². The minimum atomic E-state index is -0.0887. The molecule has 2 aromatic heterocycles. The molecule has 4 nitrogen and oxygen atoms in total. The van der Waals surface area contributed by atoms with Gasteiger partial charge < -0.3 is 9.32 Å². The number of benzene rings is 1. The van der Waals surface area contributed by atoms with Crippen LogP contribution >= 0.6 is 11.6 Å². The van der Waals surface area contributed by atoms with Gasteiger partial charge in [0.2, 0.25) is 11.1 Å². The first kappa shape index (κ1) is 12.7. The van der Waals surface area contributed by atoms with Crippen molar-refractivity contribution in [1.29, 1.82) is 0 Å². The molecule has 0 N–H and O–H groups in total. The lowest BCUT2D eigenvalue weighted by atomic mass is 10.2. The number of anilines is 1. The number of pyridine rings is 1. The predicted molar refractivity (Wildman–Crippen MR) is 84.2 cm³/mol. The van der Waals surface area contributed by atoms with Crippen LogP contribution in [0.3, 0.4) is 0 Å². The molecule has 4 rings (SSSR count). The Morgan fingerprint density at radius 1 is 1.10 bits per heavy atom. The van der Waals surface area contributed by atoms with Crippen LogP contribution in [0.1, 0.15) is 12.8 Å². The molecule has 0 unspecified atom stereocenters. The summed E-state index contributed by atoms with van der Waals surface area (Å²) in [5.41, 5.74) is 0.668. The molecule has 3 heterocycles. The number of aromatic nitrogens is 1. The van der Waals surface area contributed by atoms with Gasteiger partial charge in [0.25, 0.3) is 0 Å². The number of nitrogens with zero attached hydrogens (tertiary/aromatic N) is 2. The summed E-state index contributed by atoms with van der Waals surface area (Å²) in [5, 5.41) is 1.42. The molecular weight excluding hydrogens is 288 g/mol. The number of halogens is 1. The first-order valence-corrected chi connectivity index (χ1v) is 7.39. The van der Waals surface area contributed by atoms with Gasteiger partial charge in [-0.15, -0.1) is 0 Å². The quantitative estimate of drug-likeness (QED) is 0.644. The summed E-state index contributed by atoms with van der Waals surface area (Å²) in [5.74, 6) is 0.856. The van der Waals surface area contributed by atoms with Gasteiger partial charge in [-0.25, -0.2) is 0 Å². The maximum Gasteiger partial charge on any atom is 0.232 e. The molecule has 5 heteroatoms. The summed E-state index contributed by atoms with van der Waals surface area (Å²) < 4.78 is 5.79. The van der Waals surface area contributed by atoms with Gasteiger partial charge in [0.1, 0.15) is 5.82 Å². The molecule has 21 heavy (non-hydrogen) atoms. The predicted octanol–water partition coefficient (Wildman–Crippen LogP) is 3.59. The van der Waals surface area contributed by atoms with Gasteiger partial charge in [0, 0.05) is 13.1 Å². The Morgan fingerprint density at radius 3 is 2.71 bits per heavy atom. The third-order valence-corrected chi connectivity index (χ3v) is 4.23. The van der Waals surface area contributed by atoms with E-state index in [1.807, 2.05) is 6.07 Å². The van der Waals surface area contributed by atoms with E-state index < -0.39 is 0 Å². The number of hydrogen-bond acceptors (Lipinski definition) is 4. The van der Waals surface area contributed by atoms with Crippen LogP contribution in [0, 0.1) is 0 Å². The van der Waals surface area contributed by atoms with Gasteiger partial charge in [-0.3, -0.25) is 4.79 Å². The third kappa shape index (κ3) is 1.98. The van der Waals surface area contributed by atoms with E-state index in [0.29, 0.717) is 27.1 Å². The topological polar surface area (TPSA) is 46.3 Å². The van der Waals surface area contributed by atoms with Crippen molar-refractivity contribution in [3.05, 3.63) is 45.6 Å². The zero-order valence-corrected chi connectivity index (χ0v) is 12.1. The van der Waals surface area contributed by atoms with E-state index in [1.54, 1.807) is 24.3 Å². The molecule has 0 bridgehead atoms. The van der Waals surface area contributed by atoms with Crippen LogP contribution in [0.25, 0.3) is 22.1 Å². The Bertz CT molecular complexity index is 898. The molecular formula is C16H13ClN2O2. The van der Waals surface area contributed by atoms with E-state index >= 15 is 0 Å². The molecule has 3 aromatic rings. The molecule has 0 amide bonds. The molecule has 1 aromatic carbocycles. The van der Waals surface area contributed by atoms with Crippen molar-refractivity contribution in [1.82, 2.24) is 4.98 Å². The number of para-hydroxylation sites is 1. The van der Waals surface area contributed by atoms with E-state index in [2.05, 4.69) is 9.88 Å². The fourth-order valence-electron chi connectivity index (χ4n) is 2.84. The molecule has 0 spiro atoms. The van der Waals surface area contributed by atoms with Crippen molar-refractivity contribution in [2.75, 3.05) is 18.0 Å². The maximum absolute atomic E-state index is 12.5. The summed E-state index contributed by atoms with van der Waals surface area (Å²) in [6.45, 7) is 1.99. The molecule has 0 saturated carbocycles. The van der Waals surface area contributed by atoms with Crippen molar-refractivity contribution in [3.8, 4) is 0 Å². The minimum absolute atomic E-state index is 0.0887. The normalized spacial score (nSPS) is 15.2. The van der Waals surface area contributed by atoms with Crippen molar-refractivity contribution >= 4 is 39.5 Å². The fourth-order valence-corrected chi connectivity index (χ4v) is 3.05. The standard InChI is InChI=1S/C16H13ClN2O2/c17-12-5-3-4-10-14(20)11-6-7-13(19-8-1-2-9-19)18-16(11)21-15(10)12/h3-7H,1-2,8-9H2. The highest BCUT2D eigenvalue weighted by atomic mass is 35.5. The molecule has 1 fully saturated rings. The summed E-state index contributed by atoms with van der Waals surface area (Å²) in [6.07, 6.45) is 2.35. The lowest BCUT2D eigenvalue weighted by Crippen LogP contribution is -2.19. The van der Waals surface area contributed by atoms with Gasteiger partial charge >= 0.3 is 0 Å². The van der Waals surface area contributed by atoms with Gasteiger partial charge in [-0.2, -0.15) is 4.98 Å².